The van der Waals surface area contributed by atoms with Crippen LogP contribution in [0.15, 0.2) is 12.2 Å². The highest BCUT2D eigenvalue weighted by atomic mass is 28.4. The summed E-state index contributed by atoms with van der Waals surface area (Å²) in [5, 5.41) is 0.238. The standard InChI is InChI=1S/C17H30O2Si/c1-16(2,3)20(4,5)19-13-17-11-7-6-9-14(17)15(18)10-8-12-17/h6-7,14H,8-13H2,1-5H3/t14-,17-/m1/s1. The average Bonchev–Trinajstić information content (AvgIpc) is 2.36. The number of hydrogen-bond acceptors (Lipinski definition) is 2. The van der Waals surface area contributed by atoms with Gasteiger partial charge >= 0.3 is 0 Å². The lowest BCUT2D eigenvalue weighted by atomic mass is 9.61. The second-order valence-corrected chi connectivity index (χ2v) is 13.0. The van der Waals surface area contributed by atoms with E-state index in [9.17, 15) is 4.79 Å². The highest BCUT2D eigenvalue weighted by Gasteiger charge is 2.47. The first-order chi connectivity index (χ1) is 9.18. The molecule has 3 heteroatoms. The maximum Gasteiger partial charge on any atom is 0.192 e. The van der Waals surface area contributed by atoms with Crippen molar-refractivity contribution in [2.24, 2.45) is 11.3 Å². The number of Topliss-reactive ketones (excluding diaryl/α,β-unsaturated/α-hetero) is 1. The molecule has 114 valence electrons. The lowest BCUT2D eigenvalue weighted by Gasteiger charge is -2.47. The number of allylic oxidation sites excluding steroid dienone is 2. The minimum atomic E-state index is -1.73. The molecule has 0 aromatic carbocycles. The van der Waals surface area contributed by atoms with Gasteiger partial charge in [-0.2, -0.15) is 0 Å². The average molecular weight is 295 g/mol. The van der Waals surface area contributed by atoms with Crippen LogP contribution in [0.2, 0.25) is 18.1 Å². The van der Waals surface area contributed by atoms with Crippen LogP contribution in [0.4, 0.5) is 0 Å². The summed E-state index contributed by atoms with van der Waals surface area (Å²) in [6.45, 7) is 12.2. The fraction of sp³-hybridized carbons (Fsp3) is 0.824. The molecular formula is C17H30O2Si. The monoisotopic (exact) mass is 294 g/mol. The van der Waals surface area contributed by atoms with E-state index in [-0.39, 0.29) is 16.4 Å². The highest BCUT2D eigenvalue weighted by molar-refractivity contribution is 6.74. The molecule has 0 amide bonds. The summed E-state index contributed by atoms with van der Waals surface area (Å²) in [5.74, 6) is 0.686. The summed E-state index contributed by atoms with van der Waals surface area (Å²) in [7, 11) is -1.73. The van der Waals surface area contributed by atoms with Crippen LogP contribution in [-0.2, 0) is 9.22 Å². The largest absolute Gasteiger partial charge is 0.416 e. The van der Waals surface area contributed by atoms with Crippen LogP contribution in [0, 0.1) is 11.3 Å². The molecule has 2 aliphatic carbocycles. The molecular weight excluding hydrogens is 264 g/mol. The lowest BCUT2D eigenvalue weighted by molar-refractivity contribution is -0.132. The van der Waals surface area contributed by atoms with Gasteiger partial charge in [0.15, 0.2) is 8.32 Å². The van der Waals surface area contributed by atoms with Gasteiger partial charge in [0, 0.05) is 24.4 Å². The third-order valence-electron chi connectivity index (χ3n) is 5.82. The molecule has 0 radical (unpaired) electrons. The summed E-state index contributed by atoms with van der Waals surface area (Å²) >= 11 is 0. The predicted molar refractivity (Wildman–Crippen MR) is 86.3 cm³/mol. The Hall–Kier alpha value is -0.413. The molecule has 0 unspecified atom stereocenters. The van der Waals surface area contributed by atoms with E-state index < -0.39 is 8.32 Å². The van der Waals surface area contributed by atoms with E-state index in [1.807, 2.05) is 0 Å². The molecule has 2 nitrogen and oxygen atoms in total. The molecule has 2 aliphatic rings. The van der Waals surface area contributed by atoms with Crippen molar-refractivity contribution in [3.63, 3.8) is 0 Å². The van der Waals surface area contributed by atoms with Crippen LogP contribution in [0.5, 0.6) is 0 Å². The van der Waals surface area contributed by atoms with Gasteiger partial charge in [0.2, 0.25) is 0 Å². The van der Waals surface area contributed by atoms with E-state index in [1.54, 1.807) is 0 Å². The maximum atomic E-state index is 12.3. The Kier molecular flexibility index (Phi) is 4.32. The van der Waals surface area contributed by atoms with Crippen molar-refractivity contribution in [2.45, 2.75) is 71.0 Å². The Labute approximate surface area is 125 Å². The third-order valence-corrected chi connectivity index (χ3v) is 10.3. The van der Waals surface area contributed by atoms with E-state index in [1.165, 1.54) is 0 Å². The second kappa shape index (κ2) is 5.41. The Morgan fingerprint density at radius 1 is 1.35 bits per heavy atom. The molecule has 0 saturated heterocycles. The first-order valence-electron chi connectivity index (χ1n) is 8.00. The highest BCUT2D eigenvalue weighted by Crippen LogP contribution is 2.48. The van der Waals surface area contributed by atoms with E-state index in [2.05, 4.69) is 46.0 Å². The normalized spacial score (nSPS) is 31.2. The fourth-order valence-corrected chi connectivity index (χ4v) is 4.33. The first-order valence-corrected chi connectivity index (χ1v) is 10.9. The molecule has 0 aromatic heterocycles. The van der Waals surface area contributed by atoms with Crippen LogP contribution < -0.4 is 0 Å². The third kappa shape index (κ3) is 2.94. The van der Waals surface area contributed by atoms with Crippen molar-refractivity contribution < 1.29 is 9.22 Å². The molecule has 1 saturated carbocycles. The van der Waals surface area contributed by atoms with E-state index in [0.717, 1.165) is 38.7 Å². The zero-order chi connectivity index (χ0) is 15.0. The van der Waals surface area contributed by atoms with Gasteiger partial charge in [0.05, 0.1) is 0 Å². The van der Waals surface area contributed by atoms with Crippen LogP contribution in [0.1, 0.15) is 52.9 Å². The molecule has 0 bridgehead atoms. The Morgan fingerprint density at radius 2 is 2.05 bits per heavy atom. The summed E-state index contributed by atoms with van der Waals surface area (Å²) in [5.41, 5.74) is 0.0968. The molecule has 1 fully saturated rings. The van der Waals surface area contributed by atoms with Crippen molar-refractivity contribution in [1.29, 1.82) is 0 Å². The van der Waals surface area contributed by atoms with Gasteiger partial charge in [-0.15, -0.1) is 0 Å². The van der Waals surface area contributed by atoms with Crippen LogP contribution in [0.25, 0.3) is 0 Å². The minimum absolute atomic E-state index is 0.0968. The minimum Gasteiger partial charge on any atom is -0.416 e. The summed E-state index contributed by atoms with van der Waals surface area (Å²) < 4.78 is 6.49. The smallest absolute Gasteiger partial charge is 0.192 e. The van der Waals surface area contributed by atoms with E-state index in [0.29, 0.717) is 5.78 Å². The maximum absolute atomic E-state index is 12.3. The Morgan fingerprint density at radius 3 is 2.70 bits per heavy atom. The molecule has 0 aromatic rings. The molecule has 0 aliphatic heterocycles. The quantitative estimate of drug-likeness (QED) is 0.556. The molecule has 0 spiro atoms. The lowest BCUT2D eigenvalue weighted by Crippen LogP contribution is -2.49. The molecule has 0 heterocycles. The number of fused-ring (bicyclic) bond motifs is 1. The zero-order valence-electron chi connectivity index (χ0n) is 13.8. The van der Waals surface area contributed by atoms with E-state index >= 15 is 0 Å². The molecule has 2 atom stereocenters. The topological polar surface area (TPSA) is 26.3 Å². The Balaban J connectivity index is 2.13. The van der Waals surface area contributed by atoms with Gasteiger partial charge in [0.1, 0.15) is 5.78 Å². The molecule has 20 heavy (non-hydrogen) atoms. The van der Waals surface area contributed by atoms with Crippen LogP contribution in [0.3, 0.4) is 0 Å². The van der Waals surface area contributed by atoms with Gasteiger partial charge in [-0.05, 0) is 43.8 Å². The van der Waals surface area contributed by atoms with Crippen LogP contribution >= 0.6 is 0 Å². The van der Waals surface area contributed by atoms with Gasteiger partial charge in [-0.3, -0.25) is 4.79 Å². The van der Waals surface area contributed by atoms with Gasteiger partial charge in [-0.1, -0.05) is 32.9 Å². The number of ketones is 1. The predicted octanol–water partition coefficient (Wildman–Crippen LogP) is 4.71. The number of carbonyl (C=O) groups is 1. The SMILES string of the molecule is CC(C)(C)[Si](C)(C)OC[C@]12CC=CC[C@@H]1C(=O)CCC2. The first kappa shape index (κ1) is 16.0. The summed E-state index contributed by atoms with van der Waals surface area (Å²) in [4.78, 5) is 12.3. The van der Waals surface area contributed by atoms with Gasteiger partial charge < -0.3 is 4.43 Å². The number of hydrogen-bond donors (Lipinski definition) is 0. The van der Waals surface area contributed by atoms with Gasteiger partial charge in [-0.25, -0.2) is 0 Å². The van der Waals surface area contributed by atoms with Crippen molar-refractivity contribution in [1.82, 2.24) is 0 Å². The van der Waals surface area contributed by atoms with Crippen molar-refractivity contribution in [3.05, 3.63) is 12.2 Å². The number of rotatable bonds is 3. The molecule has 0 N–H and O–H groups in total. The Bertz CT molecular complexity index is 406. The summed E-state index contributed by atoms with van der Waals surface area (Å²) in [6, 6.07) is 0. The molecule has 2 rings (SSSR count). The van der Waals surface area contributed by atoms with E-state index in [4.69, 9.17) is 4.43 Å². The van der Waals surface area contributed by atoms with Gasteiger partial charge in [0.25, 0.3) is 0 Å². The van der Waals surface area contributed by atoms with Crippen LogP contribution in [-0.4, -0.2) is 20.7 Å². The number of carbonyl (C=O) groups excluding carboxylic acids is 1. The van der Waals surface area contributed by atoms with Crippen molar-refractivity contribution >= 4 is 14.1 Å². The van der Waals surface area contributed by atoms with Crippen molar-refractivity contribution in [2.75, 3.05) is 6.61 Å². The van der Waals surface area contributed by atoms with Crippen molar-refractivity contribution in [3.8, 4) is 0 Å². The summed E-state index contributed by atoms with van der Waals surface area (Å²) in [6.07, 6.45) is 9.40. The second-order valence-electron chi connectivity index (χ2n) is 8.20. The fourth-order valence-electron chi connectivity index (χ4n) is 3.25. The zero-order valence-corrected chi connectivity index (χ0v) is 14.8.